The predicted octanol–water partition coefficient (Wildman–Crippen LogP) is 2.36. The second-order valence-corrected chi connectivity index (χ2v) is 9.72. The zero-order chi connectivity index (χ0) is 20.4. The van der Waals surface area contributed by atoms with Gasteiger partial charge in [-0.2, -0.15) is 4.31 Å². The molecule has 1 amide bonds. The van der Waals surface area contributed by atoms with Crippen LogP contribution in [0.3, 0.4) is 0 Å². The maximum Gasteiger partial charge on any atom is 0.243 e. The summed E-state index contributed by atoms with van der Waals surface area (Å²) in [7, 11) is -2.02. The smallest absolute Gasteiger partial charge is 0.243 e. The Bertz CT molecular complexity index is 1000. The molecule has 0 N–H and O–H groups in total. The van der Waals surface area contributed by atoms with Crippen molar-refractivity contribution in [1.82, 2.24) is 4.31 Å². The van der Waals surface area contributed by atoms with E-state index in [0.717, 1.165) is 16.2 Å². The van der Waals surface area contributed by atoms with E-state index in [1.807, 2.05) is 24.3 Å². The average Bonchev–Trinajstić information content (AvgIpc) is 2.76. The Morgan fingerprint density at radius 3 is 2.52 bits per heavy atom. The van der Waals surface area contributed by atoms with Crippen molar-refractivity contribution in [2.45, 2.75) is 16.3 Å². The van der Waals surface area contributed by atoms with Gasteiger partial charge in [0, 0.05) is 18.0 Å². The number of morpholine rings is 1. The minimum absolute atomic E-state index is 0.0424. The van der Waals surface area contributed by atoms with Gasteiger partial charge in [0.2, 0.25) is 15.9 Å². The Balaban J connectivity index is 1.66. The van der Waals surface area contributed by atoms with Crippen LogP contribution in [0.2, 0.25) is 0 Å². The van der Waals surface area contributed by atoms with Gasteiger partial charge in [0.15, 0.2) is 0 Å². The first-order chi connectivity index (χ1) is 14.0. The van der Waals surface area contributed by atoms with E-state index in [1.165, 1.54) is 16.1 Å². The molecule has 2 aliphatic rings. The van der Waals surface area contributed by atoms with Crippen molar-refractivity contribution < 1.29 is 22.7 Å². The standard InChI is InChI=1S/C20H22N2O5S2/c1-26-16-4-2-15(3-5-16)13-22-18-12-17(6-7-19(18)28-14-20(22)23)29(24,25)21-8-10-27-11-9-21/h2-7,12H,8-11,13-14H2,1H3. The summed E-state index contributed by atoms with van der Waals surface area (Å²) in [6, 6.07) is 12.5. The molecule has 2 heterocycles. The molecule has 0 saturated carbocycles. The summed E-state index contributed by atoms with van der Waals surface area (Å²) in [5.74, 6) is 1.03. The lowest BCUT2D eigenvalue weighted by molar-refractivity contribution is -0.116. The first-order valence-corrected chi connectivity index (χ1v) is 11.7. The lowest BCUT2D eigenvalue weighted by Crippen LogP contribution is -2.41. The van der Waals surface area contributed by atoms with E-state index in [-0.39, 0.29) is 10.8 Å². The summed E-state index contributed by atoms with van der Waals surface area (Å²) in [5.41, 5.74) is 1.58. The van der Waals surface area contributed by atoms with Gasteiger partial charge in [0.05, 0.1) is 43.2 Å². The number of methoxy groups -OCH3 is 1. The van der Waals surface area contributed by atoms with Crippen LogP contribution in [0.5, 0.6) is 5.75 Å². The van der Waals surface area contributed by atoms with Crippen molar-refractivity contribution in [2.75, 3.05) is 44.1 Å². The van der Waals surface area contributed by atoms with Crippen LogP contribution in [-0.4, -0.2) is 57.8 Å². The maximum absolute atomic E-state index is 13.0. The Hall–Kier alpha value is -2.07. The lowest BCUT2D eigenvalue weighted by atomic mass is 10.2. The Morgan fingerprint density at radius 1 is 1.10 bits per heavy atom. The first-order valence-electron chi connectivity index (χ1n) is 9.27. The molecule has 2 aromatic carbocycles. The fourth-order valence-corrected chi connectivity index (χ4v) is 5.71. The molecule has 2 aromatic rings. The van der Waals surface area contributed by atoms with Crippen LogP contribution in [0.4, 0.5) is 5.69 Å². The molecule has 0 spiro atoms. The van der Waals surface area contributed by atoms with Crippen LogP contribution in [-0.2, 0) is 26.1 Å². The van der Waals surface area contributed by atoms with E-state index < -0.39 is 10.0 Å². The van der Waals surface area contributed by atoms with Gasteiger partial charge in [-0.25, -0.2) is 8.42 Å². The molecule has 0 aliphatic carbocycles. The average molecular weight is 435 g/mol. The molecule has 29 heavy (non-hydrogen) atoms. The molecule has 0 bridgehead atoms. The Kier molecular flexibility index (Phi) is 5.82. The highest BCUT2D eigenvalue weighted by molar-refractivity contribution is 8.00. The fraction of sp³-hybridized carbons (Fsp3) is 0.350. The number of nitrogens with zero attached hydrogens (tertiary/aromatic N) is 2. The predicted molar refractivity (Wildman–Crippen MR) is 111 cm³/mol. The highest BCUT2D eigenvalue weighted by Crippen LogP contribution is 2.38. The molecule has 1 saturated heterocycles. The van der Waals surface area contributed by atoms with Crippen molar-refractivity contribution in [3.8, 4) is 5.75 Å². The van der Waals surface area contributed by atoms with Gasteiger partial charge in [0.1, 0.15) is 5.75 Å². The van der Waals surface area contributed by atoms with Crippen LogP contribution >= 0.6 is 11.8 Å². The van der Waals surface area contributed by atoms with E-state index in [0.29, 0.717) is 44.3 Å². The summed E-state index contributed by atoms with van der Waals surface area (Å²) in [6.45, 7) is 1.83. The molecule has 9 heteroatoms. The SMILES string of the molecule is COc1ccc(CN2C(=O)CSc3ccc(S(=O)(=O)N4CCOCC4)cc32)cc1. The molecular weight excluding hydrogens is 412 g/mol. The third-order valence-electron chi connectivity index (χ3n) is 4.98. The molecule has 1 fully saturated rings. The zero-order valence-corrected chi connectivity index (χ0v) is 17.7. The number of ether oxygens (including phenoxy) is 2. The van der Waals surface area contributed by atoms with Crippen molar-refractivity contribution in [3.05, 3.63) is 48.0 Å². The summed E-state index contributed by atoms with van der Waals surface area (Å²) >= 11 is 1.43. The Labute approximate surface area is 174 Å². The van der Waals surface area contributed by atoms with Crippen molar-refractivity contribution >= 4 is 33.4 Å². The third-order valence-corrected chi connectivity index (χ3v) is 7.92. The number of thioether (sulfide) groups is 1. The molecule has 0 aromatic heterocycles. The quantitative estimate of drug-likeness (QED) is 0.719. The number of carbonyl (C=O) groups excluding carboxylic acids is 1. The molecule has 4 rings (SSSR count). The summed E-state index contributed by atoms with van der Waals surface area (Å²) in [4.78, 5) is 15.4. The van der Waals surface area contributed by atoms with Crippen LogP contribution in [0, 0.1) is 0 Å². The number of carbonyl (C=O) groups is 1. The van der Waals surface area contributed by atoms with E-state index in [1.54, 1.807) is 30.2 Å². The number of hydrogen-bond acceptors (Lipinski definition) is 6. The second-order valence-electron chi connectivity index (χ2n) is 6.76. The number of anilines is 1. The molecule has 0 radical (unpaired) electrons. The minimum Gasteiger partial charge on any atom is -0.497 e. The summed E-state index contributed by atoms with van der Waals surface area (Å²) in [5, 5.41) is 0. The number of sulfonamides is 1. The van der Waals surface area contributed by atoms with Gasteiger partial charge < -0.3 is 14.4 Å². The lowest BCUT2D eigenvalue weighted by Gasteiger charge is -2.31. The molecule has 154 valence electrons. The van der Waals surface area contributed by atoms with Crippen molar-refractivity contribution in [3.63, 3.8) is 0 Å². The highest BCUT2D eigenvalue weighted by Gasteiger charge is 2.30. The topological polar surface area (TPSA) is 76.2 Å². The van der Waals surface area contributed by atoms with E-state index in [9.17, 15) is 13.2 Å². The van der Waals surface area contributed by atoms with E-state index in [4.69, 9.17) is 9.47 Å². The maximum atomic E-state index is 13.0. The highest BCUT2D eigenvalue weighted by atomic mass is 32.2. The number of amides is 1. The molecule has 0 unspecified atom stereocenters. The zero-order valence-electron chi connectivity index (χ0n) is 16.0. The minimum atomic E-state index is -3.63. The molecule has 2 aliphatic heterocycles. The number of fused-ring (bicyclic) bond motifs is 1. The number of hydrogen-bond donors (Lipinski definition) is 0. The number of benzene rings is 2. The first kappa shape index (κ1) is 20.2. The van der Waals surface area contributed by atoms with Gasteiger partial charge in [-0.15, -0.1) is 11.8 Å². The normalized spacial score (nSPS) is 17.8. The second kappa shape index (κ2) is 8.35. The summed E-state index contributed by atoms with van der Waals surface area (Å²) in [6.07, 6.45) is 0. The monoisotopic (exact) mass is 434 g/mol. The third kappa shape index (κ3) is 4.13. The van der Waals surface area contributed by atoms with Gasteiger partial charge in [-0.05, 0) is 35.9 Å². The molecule has 0 atom stereocenters. The molecular formula is C20H22N2O5S2. The van der Waals surface area contributed by atoms with Crippen LogP contribution in [0.15, 0.2) is 52.3 Å². The van der Waals surface area contributed by atoms with Crippen LogP contribution < -0.4 is 9.64 Å². The Morgan fingerprint density at radius 2 is 1.83 bits per heavy atom. The van der Waals surface area contributed by atoms with Crippen molar-refractivity contribution in [1.29, 1.82) is 0 Å². The largest absolute Gasteiger partial charge is 0.497 e. The van der Waals surface area contributed by atoms with Crippen LogP contribution in [0.1, 0.15) is 5.56 Å². The van der Waals surface area contributed by atoms with Gasteiger partial charge >= 0.3 is 0 Å². The van der Waals surface area contributed by atoms with E-state index in [2.05, 4.69) is 0 Å². The van der Waals surface area contributed by atoms with Crippen molar-refractivity contribution in [2.24, 2.45) is 0 Å². The van der Waals surface area contributed by atoms with E-state index >= 15 is 0 Å². The molecule has 7 nitrogen and oxygen atoms in total. The summed E-state index contributed by atoms with van der Waals surface area (Å²) < 4.78 is 38.0. The number of rotatable bonds is 5. The fourth-order valence-electron chi connectivity index (χ4n) is 3.37. The van der Waals surface area contributed by atoms with Gasteiger partial charge in [-0.3, -0.25) is 4.79 Å². The van der Waals surface area contributed by atoms with Gasteiger partial charge in [-0.1, -0.05) is 12.1 Å². The van der Waals surface area contributed by atoms with Gasteiger partial charge in [0.25, 0.3) is 0 Å². The van der Waals surface area contributed by atoms with Crippen LogP contribution in [0.25, 0.3) is 0 Å².